The second kappa shape index (κ2) is 7.02. The Bertz CT molecular complexity index is 742. The Morgan fingerprint density at radius 3 is 2.73 bits per heavy atom. The predicted molar refractivity (Wildman–Crippen MR) is 102 cm³/mol. The molecule has 0 saturated carbocycles. The standard InChI is InChI=1S/C20H27N5O/c1-3-8-16-22-17-18-21-15(12-14-9-6-5-7-10-14)13-25(18)20(26)24(11-4-2)19(17)23-16/h5-7,9-10,15,19,21H,3-4,8,11-13H2,1-2H3,(H,22,23)/t15-,19?/m1/s1. The molecule has 0 bridgehead atoms. The topological polar surface area (TPSA) is 60.0 Å². The second-order valence-electron chi connectivity index (χ2n) is 7.20. The summed E-state index contributed by atoms with van der Waals surface area (Å²) in [5, 5.41) is 7.08. The molecule has 2 N–H and O–H groups in total. The summed E-state index contributed by atoms with van der Waals surface area (Å²) in [5.74, 6) is 1.91. The third-order valence-electron chi connectivity index (χ3n) is 5.13. The molecule has 0 aliphatic carbocycles. The fourth-order valence-electron chi connectivity index (χ4n) is 3.99. The van der Waals surface area contributed by atoms with Gasteiger partial charge in [0.1, 0.15) is 17.4 Å². The van der Waals surface area contributed by atoms with Gasteiger partial charge in [-0.3, -0.25) is 9.80 Å². The first kappa shape index (κ1) is 16.9. The van der Waals surface area contributed by atoms with Crippen LogP contribution in [0.1, 0.15) is 38.7 Å². The van der Waals surface area contributed by atoms with Crippen molar-refractivity contribution in [3.05, 3.63) is 47.4 Å². The van der Waals surface area contributed by atoms with Crippen LogP contribution in [0.15, 0.2) is 46.8 Å². The average Bonchev–Trinajstić information content (AvgIpc) is 3.24. The molecule has 3 aliphatic rings. The Hall–Kier alpha value is -2.50. The largest absolute Gasteiger partial charge is 0.365 e. The van der Waals surface area contributed by atoms with Gasteiger partial charge in [0.15, 0.2) is 6.17 Å². The highest BCUT2D eigenvalue weighted by atomic mass is 16.2. The number of hydrogen-bond acceptors (Lipinski definition) is 4. The van der Waals surface area contributed by atoms with Crippen LogP contribution in [0, 0.1) is 0 Å². The number of amides is 2. The molecule has 0 radical (unpaired) electrons. The molecule has 4 rings (SSSR count). The van der Waals surface area contributed by atoms with Gasteiger partial charge in [0.05, 0.1) is 0 Å². The first-order valence-electron chi connectivity index (χ1n) is 9.67. The first-order valence-corrected chi connectivity index (χ1v) is 9.67. The Labute approximate surface area is 155 Å². The number of urea groups is 1. The molecular weight excluding hydrogens is 326 g/mol. The normalized spacial score (nSPS) is 24.2. The van der Waals surface area contributed by atoms with E-state index in [0.717, 1.165) is 49.6 Å². The molecule has 0 spiro atoms. The number of rotatable bonds is 6. The zero-order valence-corrected chi connectivity index (χ0v) is 15.5. The molecule has 3 heterocycles. The lowest BCUT2D eigenvalue weighted by Crippen LogP contribution is -2.53. The van der Waals surface area contributed by atoms with Crippen LogP contribution in [-0.2, 0) is 6.42 Å². The van der Waals surface area contributed by atoms with Crippen molar-refractivity contribution in [3.63, 3.8) is 0 Å². The number of amidine groups is 1. The van der Waals surface area contributed by atoms with Gasteiger partial charge in [-0.2, -0.15) is 0 Å². The average molecular weight is 353 g/mol. The summed E-state index contributed by atoms with van der Waals surface area (Å²) >= 11 is 0. The van der Waals surface area contributed by atoms with Crippen molar-refractivity contribution in [3.8, 4) is 0 Å². The highest BCUT2D eigenvalue weighted by Gasteiger charge is 2.46. The van der Waals surface area contributed by atoms with Crippen LogP contribution in [0.5, 0.6) is 0 Å². The van der Waals surface area contributed by atoms with E-state index in [-0.39, 0.29) is 18.2 Å². The predicted octanol–water partition coefficient (Wildman–Crippen LogP) is 2.65. The molecule has 6 nitrogen and oxygen atoms in total. The van der Waals surface area contributed by atoms with Crippen molar-refractivity contribution < 1.29 is 4.79 Å². The van der Waals surface area contributed by atoms with Crippen LogP contribution >= 0.6 is 0 Å². The van der Waals surface area contributed by atoms with Gasteiger partial charge < -0.3 is 10.6 Å². The van der Waals surface area contributed by atoms with Gasteiger partial charge in [-0.15, -0.1) is 0 Å². The number of carbonyl (C=O) groups is 1. The van der Waals surface area contributed by atoms with Crippen molar-refractivity contribution in [1.29, 1.82) is 0 Å². The minimum atomic E-state index is -0.196. The van der Waals surface area contributed by atoms with E-state index < -0.39 is 0 Å². The van der Waals surface area contributed by atoms with E-state index in [4.69, 9.17) is 4.99 Å². The van der Waals surface area contributed by atoms with Crippen molar-refractivity contribution in [2.45, 2.75) is 51.7 Å². The lowest BCUT2D eigenvalue weighted by Gasteiger charge is -2.36. The molecule has 1 aromatic rings. The van der Waals surface area contributed by atoms with Crippen LogP contribution in [0.25, 0.3) is 0 Å². The summed E-state index contributed by atoms with van der Waals surface area (Å²) in [6.45, 7) is 5.68. The Kier molecular flexibility index (Phi) is 4.57. The van der Waals surface area contributed by atoms with Crippen LogP contribution in [-0.4, -0.2) is 47.0 Å². The lowest BCUT2D eigenvalue weighted by atomic mass is 10.1. The zero-order chi connectivity index (χ0) is 18.1. The maximum absolute atomic E-state index is 13.1. The summed E-state index contributed by atoms with van der Waals surface area (Å²) in [6, 6.07) is 10.7. The SMILES string of the molecule is CCCC1=NC2C(=C3N[C@H](Cc4ccccc4)CN3C(=O)N2CCC)N1. The number of aliphatic imine (C=N–C) groups is 1. The van der Waals surface area contributed by atoms with E-state index in [1.54, 1.807) is 0 Å². The number of benzene rings is 1. The molecule has 2 amide bonds. The molecule has 0 aromatic heterocycles. The third kappa shape index (κ3) is 2.93. The van der Waals surface area contributed by atoms with Gasteiger partial charge in [-0.1, -0.05) is 44.2 Å². The molecule has 6 heteroatoms. The van der Waals surface area contributed by atoms with Gasteiger partial charge >= 0.3 is 6.03 Å². The van der Waals surface area contributed by atoms with E-state index in [0.29, 0.717) is 6.54 Å². The highest BCUT2D eigenvalue weighted by molar-refractivity contribution is 5.89. The van der Waals surface area contributed by atoms with Crippen molar-refractivity contribution in [1.82, 2.24) is 20.4 Å². The number of nitrogens with zero attached hydrogens (tertiary/aromatic N) is 3. The Balaban J connectivity index is 1.60. The van der Waals surface area contributed by atoms with Gasteiger partial charge in [0, 0.05) is 25.6 Å². The number of hydrogen-bond donors (Lipinski definition) is 2. The summed E-state index contributed by atoms with van der Waals surface area (Å²) in [7, 11) is 0. The van der Waals surface area contributed by atoms with Crippen LogP contribution in [0.4, 0.5) is 4.79 Å². The van der Waals surface area contributed by atoms with E-state index in [1.807, 2.05) is 15.9 Å². The summed E-state index contributed by atoms with van der Waals surface area (Å²) in [4.78, 5) is 21.7. The van der Waals surface area contributed by atoms with Gasteiger partial charge in [0.2, 0.25) is 0 Å². The maximum Gasteiger partial charge on any atom is 0.327 e. The Morgan fingerprint density at radius 2 is 2.00 bits per heavy atom. The van der Waals surface area contributed by atoms with E-state index in [2.05, 4.69) is 48.7 Å². The zero-order valence-electron chi connectivity index (χ0n) is 15.5. The Morgan fingerprint density at radius 1 is 1.19 bits per heavy atom. The number of nitrogens with one attached hydrogen (secondary N) is 2. The first-order chi connectivity index (χ1) is 12.7. The van der Waals surface area contributed by atoms with Crippen molar-refractivity contribution in [2.75, 3.05) is 13.1 Å². The number of fused-ring (bicyclic) bond motifs is 2. The summed E-state index contributed by atoms with van der Waals surface area (Å²) in [5.41, 5.74) is 2.32. The van der Waals surface area contributed by atoms with E-state index in [1.165, 1.54) is 5.56 Å². The molecular formula is C20H27N5O. The molecule has 3 aliphatic heterocycles. The molecule has 138 valence electrons. The summed E-state index contributed by atoms with van der Waals surface area (Å²) in [6.07, 6.45) is 3.59. The minimum absolute atomic E-state index is 0.0713. The smallest absolute Gasteiger partial charge is 0.327 e. The number of carbonyl (C=O) groups excluding carboxylic acids is 1. The van der Waals surface area contributed by atoms with Crippen molar-refractivity contribution in [2.24, 2.45) is 4.99 Å². The van der Waals surface area contributed by atoms with Crippen LogP contribution in [0.3, 0.4) is 0 Å². The second-order valence-corrected chi connectivity index (χ2v) is 7.20. The minimum Gasteiger partial charge on any atom is -0.365 e. The van der Waals surface area contributed by atoms with E-state index in [9.17, 15) is 4.79 Å². The fraction of sp³-hybridized carbons (Fsp3) is 0.500. The van der Waals surface area contributed by atoms with Crippen LogP contribution < -0.4 is 10.6 Å². The van der Waals surface area contributed by atoms with Crippen LogP contribution in [0.2, 0.25) is 0 Å². The fourth-order valence-corrected chi connectivity index (χ4v) is 3.99. The van der Waals surface area contributed by atoms with Crippen molar-refractivity contribution >= 4 is 11.9 Å². The highest BCUT2D eigenvalue weighted by Crippen LogP contribution is 2.32. The van der Waals surface area contributed by atoms with Gasteiger partial charge in [0.25, 0.3) is 0 Å². The lowest BCUT2D eigenvalue weighted by molar-refractivity contribution is 0.146. The molecule has 2 atom stereocenters. The van der Waals surface area contributed by atoms with Gasteiger partial charge in [-0.05, 0) is 24.8 Å². The molecule has 26 heavy (non-hydrogen) atoms. The quantitative estimate of drug-likeness (QED) is 0.827. The molecule has 1 saturated heterocycles. The molecule has 1 unspecified atom stereocenters. The summed E-state index contributed by atoms with van der Waals surface area (Å²) < 4.78 is 0. The molecule has 1 fully saturated rings. The van der Waals surface area contributed by atoms with Gasteiger partial charge in [-0.25, -0.2) is 9.79 Å². The third-order valence-corrected chi connectivity index (χ3v) is 5.13. The maximum atomic E-state index is 13.1. The molecule has 1 aromatic carbocycles. The monoisotopic (exact) mass is 353 g/mol. The van der Waals surface area contributed by atoms with E-state index >= 15 is 0 Å².